The summed E-state index contributed by atoms with van der Waals surface area (Å²) in [4.78, 5) is 23.2. The van der Waals surface area contributed by atoms with Gasteiger partial charge in [0, 0.05) is 12.8 Å². The van der Waals surface area contributed by atoms with Crippen molar-refractivity contribution in [2.45, 2.75) is 174 Å². The Bertz CT molecular complexity index is 774. The summed E-state index contributed by atoms with van der Waals surface area (Å²) in [5.74, 6) is -0.808. The molecule has 0 bridgehead atoms. The number of allylic oxidation sites excluding steroid dienone is 9. The minimum absolute atomic E-state index is 0.0882. The van der Waals surface area contributed by atoms with Crippen LogP contribution in [0.3, 0.4) is 0 Å². The van der Waals surface area contributed by atoms with Crippen LogP contribution in [0.15, 0.2) is 60.8 Å². The zero-order valence-corrected chi connectivity index (χ0v) is 28.0. The number of ether oxygens (including phenoxy) is 1. The van der Waals surface area contributed by atoms with Crippen LogP contribution in [-0.2, 0) is 14.3 Å². The van der Waals surface area contributed by atoms with Gasteiger partial charge in [-0.1, -0.05) is 133 Å². The van der Waals surface area contributed by atoms with E-state index in [-0.39, 0.29) is 18.5 Å². The van der Waals surface area contributed by atoms with Crippen molar-refractivity contribution in [3.05, 3.63) is 60.8 Å². The first-order valence-corrected chi connectivity index (χ1v) is 17.8. The molecule has 0 spiro atoms. The molecule has 0 fully saturated rings. The molecule has 0 aliphatic carbocycles. The van der Waals surface area contributed by atoms with Gasteiger partial charge in [0.25, 0.3) is 0 Å². The van der Waals surface area contributed by atoms with Gasteiger partial charge in [-0.2, -0.15) is 0 Å². The molecule has 0 aromatic carbocycles. The summed E-state index contributed by atoms with van der Waals surface area (Å²) in [6.07, 6.45) is 46.6. The number of carbonyl (C=O) groups excluding carboxylic acids is 1. The van der Waals surface area contributed by atoms with E-state index in [1.165, 1.54) is 64.2 Å². The summed E-state index contributed by atoms with van der Waals surface area (Å²) in [7, 11) is 0. The molecule has 0 aliphatic rings. The summed E-state index contributed by atoms with van der Waals surface area (Å²) in [5.41, 5.74) is 0. The predicted molar refractivity (Wildman–Crippen MR) is 185 cm³/mol. The van der Waals surface area contributed by atoms with Crippen LogP contribution in [0.5, 0.6) is 0 Å². The van der Waals surface area contributed by atoms with Crippen molar-refractivity contribution in [1.29, 1.82) is 0 Å². The summed E-state index contributed by atoms with van der Waals surface area (Å²) in [6.45, 7) is 4.46. The zero-order valence-electron chi connectivity index (χ0n) is 28.0. The number of carboxylic acid groups (broad SMARTS) is 1. The maximum Gasteiger partial charge on any atom is 0.306 e. The third-order valence-electron chi connectivity index (χ3n) is 7.45. The molecule has 0 heterocycles. The van der Waals surface area contributed by atoms with Gasteiger partial charge >= 0.3 is 11.9 Å². The van der Waals surface area contributed by atoms with Crippen LogP contribution in [0.2, 0.25) is 0 Å². The van der Waals surface area contributed by atoms with Gasteiger partial charge in [-0.15, -0.1) is 0 Å². The van der Waals surface area contributed by atoms with Crippen molar-refractivity contribution in [2.24, 2.45) is 0 Å². The van der Waals surface area contributed by atoms with Crippen LogP contribution >= 0.6 is 0 Å². The normalized spacial score (nSPS) is 13.0. The van der Waals surface area contributed by atoms with E-state index in [1.54, 1.807) is 0 Å². The Morgan fingerprint density at radius 1 is 0.535 bits per heavy atom. The third kappa shape index (κ3) is 34.0. The summed E-state index contributed by atoms with van der Waals surface area (Å²) in [5, 5.41) is 8.78. The fraction of sp³-hybridized carbons (Fsp3) is 0.692. The van der Waals surface area contributed by atoms with E-state index in [4.69, 9.17) is 9.84 Å². The lowest BCUT2D eigenvalue weighted by Crippen LogP contribution is -2.16. The van der Waals surface area contributed by atoms with Gasteiger partial charge < -0.3 is 9.84 Å². The molecule has 0 saturated heterocycles. The van der Waals surface area contributed by atoms with E-state index in [0.717, 1.165) is 77.0 Å². The number of rotatable bonds is 31. The molecular weight excluding hydrogens is 532 g/mol. The molecule has 1 atom stereocenters. The van der Waals surface area contributed by atoms with Gasteiger partial charge in [-0.3, -0.25) is 9.59 Å². The van der Waals surface area contributed by atoms with E-state index in [0.29, 0.717) is 6.42 Å². The molecule has 43 heavy (non-hydrogen) atoms. The molecule has 0 aromatic rings. The molecule has 1 N–H and O–H groups in total. The van der Waals surface area contributed by atoms with Gasteiger partial charge in [-0.05, 0) is 83.1 Å². The lowest BCUT2D eigenvalue weighted by atomic mass is 10.1. The maximum absolute atomic E-state index is 12.6. The summed E-state index contributed by atoms with van der Waals surface area (Å²) < 4.78 is 5.86. The number of unbranched alkanes of at least 4 members (excludes halogenated alkanes) is 14. The fourth-order valence-electron chi connectivity index (χ4n) is 4.77. The first kappa shape index (κ1) is 40.6. The van der Waals surface area contributed by atoms with Crippen molar-refractivity contribution < 1.29 is 19.4 Å². The highest BCUT2D eigenvalue weighted by Gasteiger charge is 2.11. The molecule has 0 aromatic heterocycles. The lowest BCUT2D eigenvalue weighted by Gasteiger charge is -2.14. The Hall–Kier alpha value is -2.36. The van der Waals surface area contributed by atoms with Crippen molar-refractivity contribution in [1.82, 2.24) is 0 Å². The fourth-order valence-corrected chi connectivity index (χ4v) is 4.77. The molecule has 0 rings (SSSR count). The number of esters is 1. The first-order chi connectivity index (χ1) is 21.1. The Balaban J connectivity index is 4.25. The Morgan fingerprint density at radius 3 is 1.60 bits per heavy atom. The highest BCUT2D eigenvalue weighted by atomic mass is 16.5. The highest BCUT2D eigenvalue weighted by Crippen LogP contribution is 2.14. The molecule has 0 saturated carbocycles. The average molecular weight is 599 g/mol. The van der Waals surface area contributed by atoms with Crippen LogP contribution in [0.4, 0.5) is 0 Å². The summed E-state index contributed by atoms with van der Waals surface area (Å²) >= 11 is 0. The van der Waals surface area contributed by atoms with E-state index in [1.807, 2.05) is 0 Å². The maximum atomic E-state index is 12.6. The SMILES string of the molecule is CCCC/C=C\C/C=C\CCCCCCCC(=O)OC(/C=C\C/C=C\C/C=C\CCCCC)CCCCCCCC(=O)O. The van der Waals surface area contributed by atoms with Crippen molar-refractivity contribution >= 4 is 11.9 Å². The molecule has 4 heteroatoms. The number of hydrogen-bond acceptors (Lipinski definition) is 3. The Labute approximate surface area is 265 Å². The van der Waals surface area contributed by atoms with Gasteiger partial charge in [-0.25, -0.2) is 0 Å². The van der Waals surface area contributed by atoms with Crippen molar-refractivity contribution in [3.63, 3.8) is 0 Å². The number of aliphatic carboxylic acids is 1. The minimum atomic E-state index is -0.719. The summed E-state index contributed by atoms with van der Waals surface area (Å²) in [6, 6.07) is 0. The molecule has 0 aliphatic heterocycles. The van der Waals surface area contributed by atoms with Crippen LogP contribution in [0, 0.1) is 0 Å². The van der Waals surface area contributed by atoms with Gasteiger partial charge in [0.05, 0.1) is 0 Å². The molecule has 0 radical (unpaired) electrons. The number of carbonyl (C=O) groups is 2. The number of carboxylic acids is 1. The molecular formula is C39H66O4. The average Bonchev–Trinajstić information content (AvgIpc) is 2.99. The van der Waals surface area contributed by atoms with Crippen LogP contribution in [0.1, 0.15) is 168 Å². The molecule has 1 unspecified atom stereocenters. The van der Waals surface area contributed by atoms with E-state index < -0.39 is 5.97 Å². The van der Waals surface area contributed by atoms with E-state index >= 15 is 0 Å². The molecule has 0 amide bonds. The second-order valence-corrected chi connectivity index (χ2v) is 11.7. The lowest BCUT2D eigenvalue weighted by molar-refractivity contribution is -0.147. The second kappa shape index (κ2) is 34.1. The Morgan fingerprint density at radius 2 is 1.00 bits per heavy atom. The third-order valence-corrected chi connectivity index (χ3v) is 7.45. The van der Waals surface area contributed by atoms with E-state index in [9.17, 15) is 9.59 Å². The minimum Gasteiger partial charge on any atom is -0.481 e. The van der Waals surface area contributed by atoms with E-state index in [2.05, 4.69) is 74.6 Å². The number of hydrogen-bond donors (Lipinski definition) is 1. The van der Waals surface area contributed by atoms with Gasteiger partial charge in [0.15, 0.2) is 0 Å². The van der Waals surface area contributed by atoms with Crippen LogP contribution in [0.25, 0.3) is 0 Å². The highest BCUT2D eigenvalue weighted by molar-refractivity contribution is 5.69. The monoisotopic (exact) mass is 598 g/mol. The molecule has 246 valence electrons. The zero-order chi connectivity index (χ0) is 31.5. The largest absolute Gasteiger partial charge is 0.481 e. The van der Waals surface area contributed by atoms with Gasteiger partial charge in [0.2, 0.25) is 0 Å². The topological polar surface area (TPSA) is 63.6 Å². The van der Waals surface area contributed by atoms with Crippen molar-refractivity contribution in [2.75, 3.05) is 0 Å². The smallest absolute Gasteiger partial charge is 0.306 e. The first-order valence-electron chi connectivity index (χ1n) is 17.8. The Kier molecular flexibility index (Phi) is 32.3. The molecule has 4 nitrogen and oxygen atoms in total. The second-order valence-electron chi connectivity index (χ2n) is 11.7. The van der Waals surface area contributed by atoms with Crippen LogP contribution < -0.4 is 0 Å². The van der Waals surface area contributed by atoms with Gasteiger partial charge in [0.1, 0.15) is 6.10 Å². The standard InChI is InChI=1S/C39H66O4/c1-3-5-7-9-11-13-15-16-17-19-21-23-28-32-36-39(42)43-37(34-30-26-24-27-31-35-38(40)41)33-29-25-22-20-18-14-12-10-8-6-4-2/h9,11-12,14-16,20,22,29,33,37H,3-8,10,13,17-19,21,23-28,30-32,34-36H2,1-2H3,(H,40,41)/b11-9-,14-12-,16-15-,22-20-,33-29-. The predicted octanol–water partition coefficient (Wildman–Crippen LogP) is 12.2. The van der Waals surface area contributed by atoms with Crippen LogP contribution in [-0.4, -0.2) is 23.1 Å². The quantitative estimate of drug-likeness (QED) is 0.0490. The van der Waals surface area contributed by atoms with Crippen molar-refractivity contribution in [3.8, 4) is 0 Å².